The molecule has 0 aromatic heterocycles. The molecule has 0 aliphatic carbocycles. The molecule has 0 rings (SSSR count). The maximum atomic E-state index is 11.7. The highest BCUT2D eigenvalue weighted by molar-refractivity contribution is 7.99. The van der Waals surface area contributed by atoms with Crippen LogP contribution in [0.2, 0.25) is 0 Å². The number of hydrogen-bond acceptors (Lipinski definition) is 6. The Bertz CT molecular complexity index is 316. The Morgan fingerprint density at radius 2 is 1.95 bits per heavy atom. The zero-order valence-corrected chi connectivity index (χ0v) is 13.6. The fourth-order valence-electron chi connectivity index (χ4n) is 1.41. The Hall–Kier alpha value is -0.950. The summed E-state index contributed by atoms with van der Waals surface area (Å²) in [6, 6.07) is -0.726. The first-order chi connectivity index (χ1) is 9.21. The standard InChI is InChI=1S/C13H25NO5S/c1-6-20-8-7-9(10(15)11(16)18-5)14-12(17)19-13(2,3)4/h9-10,15H,6-8H2,1-5H3,(H,14,17)/t9-,10?/m1/s1. The van der Waals surface area contributed by atoms with E-state index in [2.05, 4.69) is 10.1 Å². The summed E-state index contributed by atoms with van der Waals surface area (Å²) in [5, 5.41) is 12.4. The lowest BCUT2D eigenvalue weighted by atomic mass is 10.1. The van der Waals surface area contributed by atoms with Gasteiger partial charge in [0.15, 0.2) is 6.10 Å². The highest BCUT2D eigenvalue weighted by atomic mass is 32.2. The third-order valence-electron chi connectivity index (χ3n) is 2.30. The highest BCUT2D eigenvalue weighted by Crippen LogP contribution is 2.11. The van der Waals surface area contributed by atoms with Gasteiger partial charge in [0.1, 0.15) is 5.60 Å². The lowest BCUT2D eigenvalue weighted by Gasteiger charge is -2.25. The van der Waals surface area contributed by atoms with Crippen molar-refractivity contribution in [2.45, 2.75) is 51.9 Å². The summed E-state index contributed by atoms with van der Waals surface area (Å²) in [6.45, 7) is 7.24. The van der Waals surface area contributed by atoms with Gasteiger partial charge in [0.05, 0.1) is 13.2 Å². The van der Waals surface area contributed by atoms with E-state index in [0.717, 1.165) is 5.75 Å². The molecule has 0 radical (unpaired) electrons. The number of methoxy groups -OCH3 is 1. The van der Waals surface area contributed by atoms with E-state index >= 15 is 0 Å². The number of thioether (sulfide) groups is 1. The van der Waals surface area contributed by atoms with Gasteiger partial charge in [0.2, 0.25) is 0 Å². The van der Waals surface area contributed by atoms with Gasteiger partial charge in [-0.1, -0.05) is 6.92 Å². The summed E-state index contributed by atoms with van der Waals surface area (Å²) in [5.74, 6) is 0.867. The Labute approximate surface area is 124 Å². The second-order valence-corrected chi connectivity index (χ2v) is 6.60. The number of carbonyl (C=O) groups excluding carboxylic acids is 2. The normalized spacial score (nSPS) is 14.3. The molecule has 0 saturated carbocycles. The third kappa shape index (κ3) is 8.27. The Morgan fingerprint density at radius 1 is 1.35 bits per heavy atom. The predicted octanol–water partition coefficient (Wildman–Crippen LogP) is 1.56. The predicted molar refractivity (Wildman–Crippen MR) is 78.8 cm³/mol. The number of alkyl carbamates (subject to hydrolysis) is 1. The molecule has 118 valence electrons. The van der Waals surface area contributed by atoms with E-state index in [-0.39, 0.29) is 0 Å². The van der Waals surface area contributed by atoms with Crippen LogP contribution >= 0.6 is 11.8 Å². The van der Waals surface area contributed by atoms with Crippen LogP contribution in [0.3, 0.4) is 0 Å². The lowest BCUT2D eigenvalue weighted by molar-refractivity contribution is -0.151. The largest absolute Gasteiger partial charge is 0.467 e. The lowest BCUT2D eigenvalue weighted by Crippen LogP contribution is -2.49. The van der Waals surface area contributed by atoms with Crippen LogP contribution in [-0.2, 0) is 14.3 Å². The monoisotopic (exact) mass is 307 g/mol. The first kappa shape index (κ1) is 19.1. The van der Waals surface area contributed by atoms with E-state index in [4.69, 9.17) is 4.74 Å². The van der Waals surface area contributed by atoms with E-state index in [1.165, 1.54) is 7.11 Å². The first-order valence-electron chi connectivity index (χ1n) is 6.54. The van der Waals surface area contributed by atoms with Crippen molar-refractivity contribution in [2.75, 3.05) is 18.6 Å². The second kappa shape index (κ2) is 9.07. The Morgan fingerprint density at radius 3 is 2.40 bits per heavy atom. The number of aliphatic hydroxyl groups excluding tert-OH is 1. The third-order valence-corrected chi connectivity index (χ3v) is 3.24. The molecule has 0 aliphatic heterocycles. The first-order valence-corrected chi connectivity index (χ1v) is 7.70. The molecule has 0 heterocycles. The number of ether oxygens (including phenoxy) is 2. The average molecular weight is 307 g/mol. The minimum Gasteiger partial charge on any atom is -0.467 e. The molecule has 0 fully saturated rings. The summed E-state index contributed by atoms with van der Waals surface area (Å²) in [6.07, 6.45) is -1.61. The van der Waals surface area contributed by atoms with Crippen molar-refractivity contribution in [2.24, 2.45) is 0 Å². The van der Waals surface area contributed by atoms with Crippen LogP contribution in [0.15, 0.2) is 0 Å². The minimum atomic E-state index is -1.40. The number of nitrogens with one attached hydrogen (secondary N) is 1. The molecule has 0 saturated heterocycles. The van der Waals surface area contributed by atoms with Gasteiger partial charge in [-0.25, -0.2) is 9.59 Å². The van der Waals surface area contributed by atoms with Gasteiger partial charge in [-0.3, -0.25) is 0 Å². The fraction of sp³-hybridized carbons (Fsp3) is 0.846. The van der Waals surface area contributed by atoms with Crippen molar-refractivity contribution < 1.29 is 24.2 Å². The van der Waals surface area contributed by atoms with Crippen LogP contribution < -0.4 is 5.32 Å². The van der Waals surface area contributed by atoms with E-state index < -0.39 is 29.8 Å². The molecule has 2 atom stereocenters. The molecule has 6 nitrogen and oxygen atoms in total. The zero-order chi connectivity index (χ0) is 15.8. The van der Waals surface area contributed by atoms with E-state index in [9.17, 15) is 14.7 Å². The molecule has 1 amide bonds. The molecule has 1 unspecified atom stereocenters. The van der Waals surface area contributed by atoms with Gasteiger partial charge in [0, 0.05) is 0 Å². The number of amides is 1. The van der Waals surface area contributed by atoms with Crippen LogP contribution in [0.1, 0.15) is 34.1 Å². The van der Waals surface area contributed by atoms with Crippen molar-refractivity contribution in [1.82, 2.24) is 5.32 Å². The summed E-state index contributed by atoms with van der Waals surface area (Å²) >= 11 is 1.66. The molecule has 0 aromatic rings. The SMILES string of the molecule is CCSCC[C@@H](NC(=O)OC(C)(C)C)C(O)C(=O)OC. The minimum absolute atomic E-state index is 0.452. The van der Waals surface area contributed by atoms with Crippen LogP contribution in [0, 0.1) is 0 Å². The van der Waals surface area contributed by atoms with Crippen molar-refractivity contribution in [3.63, 3.8) is 0 Å². The quantitative estimate of drug-likeness (QED) is 0.548. The molecule has 0 spiro atoms. The molecule has 7 heteroatoms. The maximum Gasteiger partial charge on any atom is 0.407 e. The number of esters is 1. The number of hydrogen-bond donors (Lipinski definition) is 2. The average Bonchev–Trinajstić information content (AvgIpc) is 2.33. The van der Waals surface area contributed by atoms with Gasteiger partial charge in [-0.15, -0.1) is 0 Å². The highest BCUT2D eigenvalue weighted by Gasteiger charge is 2.29. The van der Waals surface area contributed by atoms with E-state index in [0.29, 0.717) is 12.2 Å². The van der Waals surface area contributed by atoms with Gasteiger partial charge >= 0.3 is 12.1 Å². The van der Waals surface area contributed by atoms with Crippen molar-refractivity contribution in [3.05, 3.63) is 0 Å². The summed E-state index contributed by atoms with van der Waals surface area (Å²) < 4.78 is 9.61. The summed E-state index contributed by atoms with van der Waals surface area (Å²) in [7, 11) is 1.19. The maximum absolute atomic E-state index is 11.7. The zero-order valence-electron chi connectivity index (χ0n) is 12.8. The van der Waals surface area contributed by atoms with Crippen LogP contribution in [0.5, 0.6) is 0 Å². The van der Waals surface area contributed by atoms with Gasteiger partial charge in [0.25, 0.3) is 0 Å². The number of carbonyl (C=O) groups is 2. The van der Waals surface area contributed by atoms with E-state index in [1.807, 2.05) is 6.92 Å². The molecular weight excluding hydrogens is 282 g/mol. The molecule has 20 heavy (non-hydrogen) atoms. The topological polar surface area (TPSA) is 84.9 Å². The number of aliphatic hydroxyl groups is 1. The van der Waals surface area contributed by atoms with Gasteiger partial charge in [-0.05, 0) is 38.7 Å². The molecule has 0 aromatic carbocycles. The molecule has 0 aliphatic rings. The smallest absolute Gasteiger partial charge is 0.407 e. The van der Waals surface area contributed by atoms with Crippen molar-refractivity contribution >= 4 is 23.8 Å². The van der Waals surface area contributed by atoms with Crippen LogP contribution in [0.4, 0.5) is 4.79 Å². The molecular formula is C13H25NO5S. The van der Waals surface area contributed by atoms with Crippen LogP contribution in [0.25, 0.3) is 0 Å². The molecule has 0 bridgehead atoms. The summed E-state index contributed by atoms with van der Waals surface area (Å²) in [5.41, 5.74) is -0.636. The summed E-state index contributed by atoms with van der Waals surface area (Å²) in [4.78, 5) is 23.1. The Balaban J connectivity index is 4.59. The van der Waals surface area contributed by atoms with Gasteiger partial charge in [-0.2, -0.15) is 11.8 Å². The second-order valence-electron chi connectivity index (χ2n) is 5.21. The fourth-order valence-corrected chi connectivity index (χ4v) is 2.12. The van der Waals surface area contributed by atoms with E-state index in [1.54, 1.807) is 32.5 Å². The Kier molecular flexibility index (Phi) is 8.64. The van der Waals surface area contributed by atoms with Crippen LogP contribution in [-0.4, -0.2) is 53.5 Å². The van der Waals surface area contributed by atoms with Gasteiger partial charge < -0.3 is 19.9 Å². The number of rotatable bonds is 7. The van der Waals surface area contributed by atoms with Crippen molar-refractivity contribution in [3.8, 4) is 0 Å². The van der Waals surface area contributed by atoms with Crippen molar-refractivity contribution in [1.29, 1.82) is 0 Å². The molecule has 2 N–H and O–H groups in total.